The van der Waals surface area contributed by atoms with Crippen molar-refractivity contribution in [1.82, 2.24) is 19.9 Å². The summed E-state index contributed by atoms with van der Waals surface area (Å²) in [5.74, 6) is -0.990. The Morgan fingerprint density at radius 3 is 1.65 bits per heavy atom. The molecule has 0 fully saturated rings. The number of para-hydroxylation sites is 2. The van der Waals surface area contributed by atoms with Crippen molar-refractivity contribution in [1.29, 1.82) is 0 Å². The van der Waals surface area contributed by atoms with Crippen LogP contribution in [0.15, 0.2) is 97.6 Å². The first-order chi connectivity index (χ1) is 26.4. The molecule has 15 nitrogen and oxygen atoms in total. The Kier molecular flexibility index (Phi) is 14.2. The molecule has 55 heavy (non-hydrogen) atoms. The highest BCUT2D eigenvalue weighted by Crippen LogP contribution is 2.34. The summed E-state index contributed by atoms with van der Waals surface area (Å²) in [6, 6.07) is 23.0. The average Bonchev–Trinajstić information content (AvgIpc) is 3.18. The van der Waals surface area contributed by atoms with Crippen molar-refractivity contribution in [2.24, 2.45) is 0 Å². The standard InChI is InChI=1S/C19H16FN3O4.C11H9ClN2O.C7H7FN2O3/c1-26-18-6-4-3-5-14(18)16-10-13(21-11-22-16)7-12-8-15(20)19(27-2)17(9-12)23(24)25;1-15-10-5-3-2-4-8(10)9-6-11(12)14-7-13-9;1-13-7-5(8)2-4(9)3-6(7)10(11)12/h3-6,8-11H,7H2,1-2H3;2-7H,1H3;2-3H,9H2,1H3. The van der Waals surface area contributed by atoms with Crippen LogP contribution in [0, 0.1) is 31.9 Å². The first-order valence-electron chi connectivity index (χ1n) is 15.7. The van der Waals surface area contributed by atoms with E-state index in [4.69, 9.17) is 31.5 Å². The van der Waals surface area contributed by atoms with Gasteiger partial charge in [-0.15, -0.1) is 0 Å². The molecule has 0 aliphatic heterocycles. The van der Waals surface area contributed by atoms with E-state index in [1.165, 1.54) is 31.9 Å². The summed E-state index contributed by atoms with van der Waals surface area (Å²) in [6.07, 6.45) is 3.03. The summed E-state index contributed by atoms with van der Waals surface area (Å²) in [5.41, 5.74) is 8.40. The second kappa shape index (κ2) is 19.2. The number of nitro groups is 2. The van der Waals surface area contributed by atoms with Crippen molar-refractivity contribution in [3.05, 3.63) is 146 Å². The van der Waals surface area contributed by atoms with E-state index in [-0.39, 0.29) is 17.9 Å². The lowest BCUT2D eigenvalue weighted by atomic mass is 10.1. The van der Waals surface area contributed by atoms with Gasteiger partial charge in [-0.2, -0.15) is 0 Å². The van der Waals surface area contributed by atoms with Crippen molar-refractivity contribution in [3.63, 3.8) is 0 Å². The van der Waals surface area contributed by atoms with Crippen LogP contribution in [0.5, 0.6) is 23.0 Å². The zero-order valence-electron chi connectivity index (χ0n) is 29.6. The van der Waals surface area contributed by atoms with Gasteiger partial charge in [-0.1, -0.05) is 35.9 Å². The molecule has 0 saturated heterocycles. The summed E-state index contributed by atoms with van der Waals surface area (Å²) < 4.78 is 47.0. The van der Waals surface area contributed by atoms with E-state index in [0.717, 1.165) is 41.8 Å². The fourth-order valence-electron chi connectivity index (χ4n) is 5.05. The van der Waals surface area contributed by atoms with Crippen LogP contribution < -0.4 is 24.7 Å². The van der Waals surface area contributed by atoms with Crippen LogP contribution in [-0.4, -0.2) is 58.2 Å². The third kappa shape index (κ3) is 10.5. The molecular formula is C37H32ClF2N7O8. The number of nitrogens with zero attached hydrogens (tertiary/aromatic N) is 6. The maximum atomic E-state index is 14.1. The van der Waals surface area contributed by atoms with Crippen molar-refractivity contribution in [3.8, 4) is 45.5 Å². The molecular weight excluding hydrogens is 744 g/mol. The van der Waals surface area contributed by atoms with Gasteiger partial charge in [-0.05, 0) is 42.0 Å². The van der Waals surface area contributed by atoms with Gasteiger partial charge < -0.3 is 24.7 Å². The zero-order valence-corrected chi connectivity index (χ0v) is 30.4. The molecule has 0 unspecified atom stereocenters. The number of nitrogens with two attached hydrogens (primary N) is 1. The van der Waals surface area contributed by atoms with Crippen LogP contribution in [0.2, 0.25) is 5.15 Å². The van der Waals surface area contributed by atoms with E-state index >= 15 is 0 Å². The first kappa shape index (κ1) is 40.8. The minimum absolute atomic E-state index is 0.00926. The molecule has 2 heterocycles. The van der Waals surface area contributed by atoms with Gasteiger partial charge in [0.2, 0.25) is 11.5 Å². The number of methoxy groups -OCH3 is 4. The summed E-state index contributed by atoms with van der Waals surface area (Å²) >= 11 is 5.80. The molecule has 0 spiro atoms. The third-order valence-corrected chi connectivity index (χ3v) is 7.65. The molecule has 6 rings (SSSR count). The Morgan fingerprint density at radius 1 is 0.655 bits per heavy atom. The predicted molar refractivity (Wildman–Crippen MR) is 199 cm³/mol. The molecule has 0 amide bonds. The number of benzene rings is 4. The number of aromatic nitrogens is 4. The number of ether oxygens (including phenoxy) is 4. The number of hydrogen-bond acceptors (Lipinski definition) is 13. The Balaban J connectivity index is 0.000000202. The van der Waals surface area contributed by atoms with Gasteiger partial charge in [0.15, 0.2) is 11.6 Å². The summed E-state index contributed by atoms with van der Waals surface area (Å²) in [6.45, 7) is 0. The van der Waals surface area contributed by atoms with E-state index < -0.39 is 38.6 Å². The Hall–Kier alpha value is -7.01. The second-order valence-corrected chi connectivity index (χ2v) is 11.3. The van der Waals surface area contributed by atoms with E-state index in [0.29, 0.717) is 27.9 Å². The SMILES string of the molecule is COc1c(F)cc(N)cc1[N+](=O)[O-].COc1ccccc1-c1cc(Cc2cc(F)c(OC)c([N+](=O)[O-])c2)ncn1.COc1ccccc1-c1cc(Cl)ncn1. The minimum Gasteiger partial charge on any atom is -0.496 e. The fourth-order valence-corrected chi connectivity index (χ4v) is 5.20. The summed E-state index contributed by atoms with van der Waals surface area (Å²) in [7, 11) is 5.54. The first-order valence-corrected chi connectivity index (χ1v) is 16.1. The number of hydrogen-bond donors (Lipinski definition) is 1. The fraction of sp³-hybridized carbons (Fsp3) is 0.135. The summed E-state index contributed by atoms with van der Waals surface area (Å²) in [5, 5.41) is 22.0. The number of halogens is 3. The zero-order chi connectivity index (χ0) is 40.1. The topological polar surface area (TPSA) is 201 Å². The molecule has 18 heteroatoms. The van der Waals surface area contributed by atoms with Gasteiger partial charge in [-0.25, -0.2) is 28.7 Å². The molecule has 0 radical (unpaired) electrons. The van der Waals surface area contributed by atoms with Gasteiger partial charge in [0.1, 0.15) is 29.3 Å². The van der Waals surface area contributed by atoms with Crippen LogP contribution >= 0.6 is 11.6 Å². The van der Waals surface area contributed by atoms with Crippen molar-refractivity contribution in [2.45, 2.75) is 6.42 Å². The lowest BCUT2D eigenvalue weighted by molar-refractivity contribution is -0.386. The molecule has 0 atom stereocenters. The maximum Gasteiger partial charge on any atom is 0.316 e. The van der Waals surface area contributed by atoms with Crippen LogP contribution in [0.4, 0.5) is 25.8 Å². The lowest BCUT2D eigenvalue weighted by Crippen LogP contribution is -2.01. The van der Waals surface area contributed by atoms with E-state index in [2.05, 4.69) is 24.7 Å². The Bertz CT molecular complexity index is 2300. The smallest absolute Gasteiger partial charge is 0.316 e. The molecule has 6 aromatic rings. The van der Waals surface area contributed by atoms with Gasteiger partial charge in [0.05, 0.1) is 49.7 Å². The van der Waals surface area contributed by atoms with Gasteiger partial charge in [0, 0.05) is 53.2 Å². The molecule has 284 valence electrons. The molecule has 2 aromatic heterocycles. The van der Waals surface area contributed by atoms with Crippen LogP contribution in [-0.2, 0) is 6.42 Å². The highest BCUT2D eigenvalue weighted by Gasteiger charge is 2.22. The van der Waals surface area contributed by atoms with Crippen LogP contribution in [0.3, 0.4) is 0 Å². The Labute approximate surface area is 317 Å². The quantitative estimate of drug-likeness (QED) is 0.0609. The number of rotatable bonds is 10. The number of nitro benzene ring substituents is 2. The van der Waals surface area contributed by atoms with E-state index in [1.807, 2.05) is 48.5 Å². The highest BCUT2D eigenvalue weighted by molar-refractivity contribution is 6.29. The van der Waals surface area contributed by atoms with Crippen molar-refractivity contribution >= 4 is 28.7 Å². The Morgan fingerprint density at radius 2 is 1.15 bits per heavy atom. The average molecular weight is 776 g/mol. The van der Waals surface area contributed by atoms with Gasteiger partial charge in [0.25, 0.3) is 0 Å². The van der Waals surface area contributed by atoms with E-state index in [1.54, 1.807) is 26.4 Å². The third-order valence-electron chi connectivity index (χ3n) is 7.44. The van der Waals surface area contributed by atoms with Crippen LogP contribution in [0.1, 0.15) is 11.3 Å². The monoisotopic (exact) mass is 775 g/mol. The lowest BCUT2D eigenvalue weighted by Gasteiger charge is -2.09. The largest absolute Gasteiger partial charge is 0.496 e. The number of nitrogen functional groups attached to an aromatic ring is 1. The molecule has 0 aliphatic rings. The van der Waals surface area contributed by atoms with Crippen molar-refractivity contribution in [2.75, 3.05) is 34.2 Å². The molecule has 0 aliphatic carbocycles. The van der Waals surface area contributed by atoms with Gasteiger partial charge in [-0.3, -0.25) is 20.2 Å². The normalized spacial score (nSPS) is 10.2. The van der Waals surface area contributed by atoms with Crippen LogP contribution in [0.25, 0.3) is 22.5 Å². The van der Waals surface area contributed by atoms with Gasteiger partial charge >= 0.3 is 11.4 Å². The van der Waals surface area contributed by atoms with E-state index in [9.17, 15) is 29.0 Å². The molecule has 0 bridgehead atoms. The summed E-state index contributed by atoms with van der Waals surface area (Å²) in [4.78, 5) is 36.5. The molecule has 4 aromatic carbocycles. The highest BCUT2D eigenvalue weighted by atomic mass is 35.5. The van der Waals surface area contributed by atoms with Crippen molar-refractivity contribution < 1.29 is 37.6 Å². The molecule has 2 N–H and O–H groups in total. The molecule has 0 saturated carbocycles. The maximum absolute atomic E-state index is 14.1. The predicted octanol–water partition coefficient (Wildman–Crippen LogP) is 7.93. The minimum atomic E-state index is -0.839. The number of anilines is 1. The second-order valence-electron chi connectivity index (χ2n) is 10.9.